The van der Waals surface area contributed by atoms with Gasteiger partial charge in [0.15, 0.2) is 0 Å². The summed E-state index contributed by atoms with van der Waals surface area (Å²) in [6.45, 7) is 4.43. The fraction of sp³-hybridized carbons (Fsp3) is 0.235. The van der Waals surface area contributed by atoms with Gasteiger partial charge in [-0.15, -0.1) is 11.8 Å². The van der Waals surface area contributed by atoms with Crippen LogP contribution in [0.1, 0.15) is 21.5 Å². The molecule has 2 rings (SSSR count). The minimum Gasteiger partial charge on any atom is -0.493 e. The van der Waals surface area contributed by atoms with E-state index in [4.69, 9.17) is 9.84 Å². The van der Waals surface area contributed by atoms with Gasteiger partial charge in [0.05, 0.1) is 12.2 Å². The Labute approximate surface area is 129 Å². The van der Waals surface area contributed by atoms with Gasteiger partial charge in [-0.2, -0.15) is 0 Å². The van der Waals surface area contributed by atoms with Crippen LogP contribution in [0.15, 0.2) is 47.4 Å². The monoisotopic (exact) mass is 302 g/mol. The van der Waals surface area contributed by atoms with Crippen molar-refractivity contribution >= 4 is 17.7 Å². The molecule has 2 aromatic carbocycles. The largest absolute Gasteiger partial charge is 0.493 e. The lowest BCUT2D eigenvalue weighted by Crippen LogP contribution is -2.01. The van der Waals surface area contributed by atoms with E-state index in [-0.39, 0.29) is 0 Å². The summed E-state index contributed by atoms with van der Waals surface area (Å²) < 4.78 is 5.65. The van der Waals surface area contributed by atoms with Crippen molar-refractivity contribution in [3.63, 3.8) is 0 Å². The second-order valence-electron chi connectivity index (χ2n) is 4.79. The molecular weight excluding hydrogens is 284 g/mol. The van der Waals surface area contributed by atoms with Gasteiger partial charge in [0, 0.05) is 10.6 Å². The Bertz CT molecular complexity index is 620. The van der Waals surface area contributed by atoms with E-state index in [0.29, 0.717) is 12.2 Å². The van der Waals surface area contributed by atoms with Gasteiger partial charge in [0.25, 0.3) is 0 Å². The Morgan fingerprint density at radius 3 is 2.52 bits per heavy atom. The molecule has 110 valence electrons. The second-order valence-corrected chi connectivity index (χ2v) is 5.96. The van der Waals surface area contributed by atoms with Crippen molar-refractivity contribution in [2.24, 2.45) is 0 Å². The Morgan fingerprint density at radius 2 is 1.86 bits per heavy atom. The van der Waals surface area contributed by atoms with Crippen molar-refractivity contribution in [2.75, 3.05) is 12.4 Å². The molecule has 0 aromatic heterocycles. The molecule has 0 fully saturated rings. The van der Waals surface area contributed by atoms with Crippen LogP contribution < -0.4 is 4.74 Å². The van der Waals surface area contributed by atoms with Crippen molar-refractivity contribution in [1.82, 2.24) is 0 Å². The van der Waals surface area contributed by atoms with Crippen LogP contribution in [0.4, 0.5) is 0 Å². The summed E-state index contributed by atoms with van der Waals surface area (Å²) in [4.78, 5) is 12.0. The zero-order valence-corrected chi connectivity index (χ0v) is 12.9. The molecule has 0 aliphatic carbocycles. The van der Waals surface area contributed by atoms with Crippen LogP contribution in [0, 0.1) is 13.8 Å². The number of carboxylic acids is 1. The molecule has 0 aliphatic rings. The smallest absolute Gasteiger partial charge is 0.335 e. The van der Waals surface area contributed by atoms with Gasteiger partial charge < -0.3 is 9.84 Å². The minimum atomic E-state index is -0.883. The molecule has 0 aliphatic heterocycles. The lowest BCUT2D eigenvalue weighted by atomic mass is 10.1. The molecule has 0 radical (unpaired) electrons. The zero-order valence-electron chi connectivity index (χ0n) is 12.1. The van der Waals surface area contributed by atoms with Crippen molar-refractivity contribution in [3.05, 3.63) is 59.2 Å². The number of ether oxygens (including phenoxy) is 1. The van der Waals surface area contributed by atoms with Crippen LogP contribution in [-0.2, 0) is 0 Å². The molecule has 0 saturated heterocycles. The van der Waals surface area contributed by atoms with Gasteiger partial charge in [-0.05, 0) is 43.7 Å². The summed E-state index contributed by atoms with van der Waals surface area (Å²) in [6.07, 6.45) is 0. The summed E-state index contributed by atoms with van der Waals surface area (Å²) in [5.41, 5.74) is 2.35. The van der Waals surface area contributed by atoms with Gasteiger partial charge in [0.1, 0.15) is 5.75 Å². The SMILES string of the molecule is Cc1ccc(OCCSc2ccc(C)c(C(=O)O)c2)cc1. The van der Waals surface area contributed by atoms with E-state index in [2.05, 4.69) is 0 Å². The van der Waals surface area contributed by atoms with Crippen LogP contribution in [-0.4, -0.2) is 23.4 Å². The molecule has 1 N–H and O–H groups in total. The highest BCUT2D eigenvalue weighted by Crippen LogP contribution is 2.22. The number of aromatic carboxylic acids is 1. The van der Waals surface area contributed by atoms with E-state index >= 15 is 0 Å². The van der Waals surface area contributed by atoms with E-state index in [1.807, 2.05) is 43.3 Å². The van der Waals surface area contributed by atoms with Gasteiger partial charge in [0.2, 0.25) is 0 Å². The van der Waals surface area contributed by atoms with Gasteiger partial charge in [-0.3, -0.25) is 0 Å². The highest BCUT2D eigenvalue weighted by molar-refractivity contribution is 7.99. The minimum absolute atomic E-state index is 0.361. The summed E-state index contributed by atoms with van der Waals surface area (Å²) >= 11 is 1.59. The Morgan fingerprint density at radius 1 is 1.14 bits per heavy atom. The summed E-state index contributed by atoms with van der Waals surface area (Å²) in [6, 6.07) is 13.4. The average Bonchev–Trinajstić information content (AvgIpc) is 2.46. The van der Waals surface area contributed by atoms with Gasteiger partial charge in [-0.25, -0.2) is 4.79 Å². The molecule has 0 heterocycles. The number of hydrogen-bond acceptors (Lipinski definition) is 3. The Hall–Kier alpha value is -1.94. The molecule has 21 heavy (non-hydrogen) atoms. The fourth-order valence-corrected chi connectivity index (χ4v) is 2.64. The van der Waals surface area contributed by atoms with E-state index in [1.54, 1.807) is 24.8 Å². The zero-order chi connectivity index (χ0) is 15.2. The normalized spacial score (nSPS) is 10.4. The number of thioether (sulfide) groups is 1. The highest BCUT2D eigenvalue weighted by atomic mass is 32.2. The highest BCUT2D eigenvalue weighted by Gasteiger charge is 2.07. The molecule has 0 atom stereocenters. The van der Waals surface area contributed by atoms with Crippen molar-refractivity contribution < 1.29 is 14.6 Å². The molecule has 0 bridgehead atoms. The van der Waals surface area contributed by atoms with Gasteiger partial charge >= 0.3 is 5.97 Å². The van der Waals surface area contributed by atoms with Crippen LogP contribution in [0.2, 0.25) is 0 Å². The van der Waals surface area contributed by atoms with Crippen LogP contribution in [0.25, 0.3) is 0 Å². The molecular formula is C17H18O3S. The molecule has 0 spiro atoms. The number of carbonyl (C=O) groups is 1. The number of benzene rings is 2. The summed E-state index contributed by atoms with van der Waals surface area (Å²) in [5.74, 6) is 0.748. The summed E-state index contributed by atoms with van der Waals surface area (Å²) in [7, 11) is 0. The van der Waals surface area contributed by atoms with Crippen LogP contribution in [0.3, 0.4) is 0 Å². The second kappa shape index (κ2) is 7.18. The number of hydrogen-bond donors (Lipinski definition) is 1. The lowest BCUT2D eigenvalue weighted by Gasteiger charge is -2.07. The van der Waals surface area contributed by atoms with E-state index in [1.165, 1.54) is 5.56 Å². The first-order chi connectivity index (χ1) is 10.1. The van der Waals surface area contributed by atoms with Crippen molar-refractivity contribution in [3.8, 4) is 5.75 Å². The number of rotatable bonds is 6. The molecule has 0 unspecified atom stereocenters. The third-order valence-corrected chi connectivity index (χ3v) is 4.04. The van der Waals surface area contributed by atoms with Crippen LogP contribution in [0.5, 0.6) is 5.75 Å². The average molecular weight is 302 g/mol. The first-order valence-electron chi connectivity index (χ1n) is 6.72. The van der Waals surface area contributed by atoms with E-state index in [9.17, 15) is 4.79 Å². The van der Waals surface area contributed by atoms with E-state index in [0.717, 1.165) is 22.0 Å². The third kappa shape index (κ3) is 4.53. The Kier molecular flexibility index (Phi) is 5.28. The van der Waals surface area contributed by atoms with Crippen molar-refractivity contribution in [1.29, 1.82) is 0 Å². The maximum absolute atomic E-state index is 11.1. The first-order valence-corrected chi connectivity index (χ1v) is 7.71. The molecule has 2 aromatic rings. The fourth-order valence-electron chi connectivity index (χ4n) is 1.87. The van der Waals surface area contributed by atoms with Crippen molar-refractivity contribution in [2.45, 2.75) is 18.7 Å². The molecule has 0 amide bonds. The number of carboxylic acid groups (broad SMARTS) is 1. The van der Waals surface area contributed by atoms with Crippen LogP contribution >= 0.6 is 11.8 Å². The lowest BCUT2D eigenvalue weighted by molar-refractivity contribution is 0.0696. The predicted molar refractivity (Wildman–Crippen MR) is 85.5 cm³/mol. The summed E-state index contributed by atoms with van der Waals surface area (Å²) in [5, 5.41) is 9.10. The maximum Gasteiger partial charge on any atom is 0.335 e. The predicted octanol–water partition coefficient (Wildman–Crippen LogP) is 4.17. The molecule has 3 nitrogen and oxygen atoms in total. The first kappa shape index (κ1) is 15.4. The third-order valence-electron chi connectivity index (χ3n) is 3.08. The standard InChI is InChI=1S/C17H18O3S/c1-12-3-6-14(7-4-12)20-9-10-21-15-8-5-13(2)16(11-15)17(18)19/h3-8,11H,9-10H2,1-2H3,(H,18,19). The molecule has 0 saturated carbocycles. The van der Waals surface area contributed by atoms with Gasteiger partial charge in [-0.1, -0.05) is 23.8 Å². The van der Waals surface area contributed by atoms with E-state index < -0.39 is 5.97 Å². The number of aryl methyl sites for hydroxylation is 2. The Balaban J connectivity index is 1.85. The quantitative estimate of drug-likeness (QED) is 0.642. The maximum atomic E-state index is 11.1. The topological polar surface area (TPSA) is 46.5 Å². The molecule has 4 heteroatoms.